The van der Waals surface area contributed by atoms with Crippen molar-refractivity contribution < 1.29 is 4.79 Å². The summed E-state index contributed by atoms with van der Waals surface area (Å²) < 4.78 is 0. The van der Waals surface area contributed by atoms with Gasteiger partial charge in [0.25, 0.3) is 0 Å². The Kier molecular flexibility index (Phi) is 1.64. The van der Waals surface area contributed by atoms with Gasteiger partial charge in [-0.05, 0) is 37.8 Å². The van der Waals surface area contributed by atoms with Crippen LogP contribution in [0.15, 0.2) is 34.9 Å². The lowest BCUT2D eigenvalue weighted by atomic mass is 9.45. The maximum absolute atomic E-state index is 11.6. The van der Waals surface area contributed by atoms with E-state index in [1.807, 2.05) is 0 Å². The fraction of sp³-hybridized carbons (Fsp3) is 0.533. The van der Waals surface area contributed by atoms with Crippen molar-refractivity contribution in [1.29, 1.82) is 0 Å². The van der Waals surface area contributed by atoms with Crippen LogP contribution in [0.1, 0.15) is 26.7 Å². The Balaban J connectivity index is 1.90. The highest BCUT2D eigenvalue weighted by Crippen LogP contribution is 2.61. The Morgan fingerprint density at radius 3 is 2.89 bits per heavy atom. The number of carbonyl (C=O) groups excluding carboxylic acids is 1. The molecule has 2 fully saturated rings. The van der Waals surface area contributed by atoms with Crippen molar-refractivity contribution in [2.75, 3.05) is 0 Å². The third-order valence-electron chi connectivity index (χ3n) is 5.27. The number of rotatable bonds is 0. The first kappa shape index (κ1) is 10.6. The molecule has 1 heterocycles. The van der Waals surface area contributed by atoms with Crippen LogP contribution >= 0.6 is 0 Å². The molecule has 4 atom stereocenters. The molecule has 0 radical (unpaired) electrons. The van der Waals surface area contributed by atoms with Crippen molar-refractivity contribution in [2.24, 2.45) is 17.6 Å². The highest BCUT2D eigenvalue weighted by atomic mass is 16.2. The molecule has 1 saturated carbocycles. The van der Waals surface area contributed by atoms with Crippen LogP contribution in [0.2, 0.25) is 0 Å². The minimum absolute atomic E-state index is 0.0862. The summed E-state index contributed by atoms with van der Waals surface area (Å²) in [6.07, 6.45) is 8.50. The van der Waals surface area contributed by atoms with E-state index in [-0.39, 0.29) is 22.9 Å². The highest BCUT2D eigenvalue weighted by Gasteiger charge is 2.68. The van der Waals surface area contributed by atoms with Gasteiger partial charge in [0.1, 0.15) is 0 Å². The monoisotopic (exact) mass is 242 g/mol. The number of nitrogens with two attached hydrogens (primary N) is 1. The molecule has 3 aliphatic carbocycles. The lowest BCUT2D eigenvalue weighted by Gasteiger charge is -2.66. The van der Waals surface area contributed by atoms with Crippen LogP contribution in [-0.2, 0) is 4.79 Å². The second kappa shape index (κ2) is 2.80. The van der Waals surface area contributed by atoms with E-state index in [0.29, 0.717) is 5.92 Å². The minimum Gasteiger partial charge on any atom is -0.345 e. The highest BCUT2D eigenvalue weighted by molar-refractivity contribution is 5.96. The molecule has 0 aromatic heterocycles. The first-order valence-electron chi connectivity index (χ1n) is 6.69. The maximum atomic E-state index is 11.6. The van der Waals surface area contributed by atoms with Crippen LogP contribution in [0.3, 0.4) is 0 Å². The standard InChI is InChI=1S/C15H18N2O/c1-3-10-9-4-8(2)6-14(10,16)12-5-11-13(18)17-15(11,12)7-9/h3-5,9,11H,6-7,16H2,1-2H3,(H,17,18). The van der Waals surface area contributed by atoms with Crippen LogP contribution in [0.4, 0.5) is 0 Å². The van der Waals surface area contributed by atoms with Crippen LogP contribution in [-0.4, -0.2) is 17.0 Å². The average Bonchev–Trinajstić information content (AvgIpc) is 2.25. The molecule has 3 nitrogen and oxygen atoms in total. The van der Waals surface area contributed by atoms with Crippen LogP contribution in [0, 0.1) is 11.8 Å². The number of amides is 1. The Morgan fingerprint density at radius 2 is 2.28 bits per heavy atom. The molecule has 3 N–H and O–H groups in total. The summed E-state index contributed by atoms with van der Waals surface area (Å²) in [5, 5.41) is 3.13. The molecule has 1 saturated heterocycles. The minimum atomic E-state index is -0.347. The number of nitrogens with one attached hydrogen (secondary N) is 1. The van der Waals surface area contributed by atoms with Crippen molar-refractivity contribution in [3.8, 4) is 0 Å². The van der Waals surface area contributed by atoms with Gasteiger partial charge in [0.05, 0.1) is 17.0 Å². The third-order valence-corrected chi connectivity index (χ3v) is 5.27. The fourth-order valence-electron chi connectivity index (χ4n) is 4.63. The summed E-state index contributed by atoms with van der Waals surface area (Å²) in [6, 6.07) is 0. The van der Waals surface area contributed by atoms with Gasteiger partial charge in [0, 0.05) is 5.92 Å². The second-order valence-electron chi connectivity index (χ2n) is 6.23. The van der Waals surface area contributed by atoms with Crippen LogP contribution in [0.5, 0.6) is 0 Å². The molecule has 1 amide bonds. The average molecular weight is 242 g/mol. The van der Waals surface area contributed by atoms with Gasteiger partial charge in [-0.3, -0.25) is 4.79 Å². The summed E-state index contributed by atoms with van der Waals surface area (Å²) in [6.45, 7) is 4.24. The smallest absolute Gasteiger partial charge is 0.230 e. The number of fused-ring (bicyclic) bond motifs is 3. The molecule has 1 aliphatic heterocycles. The molecular formula is C15H18N2O. The van der Waals surface area contributed by atoms with Gasteiger partial charge in [-0.1, -0.05) is 23.8 Å². The van der Waals surface area contributed by atoms with Gasteiger partial charge in [0.2, 0.25) is 5.91 Å². The second-order valence-corrected chi connectivity index (χ2v) is 6.23. The maximum Gasteiger partial charge on any atom is 0.230 e. The topological polar surface area (TPSA) is 55.1 Å². The van der Waals surface area contributed by atoms with Gasteiger partial charge < -0.3 is 11.1 Å². The van der Waals surface area contributed by atoms with Gasteiger partial charge in [-0.15, -0.1) is 0 Å². The van der Waals surface area contributed by atoms with Crippen molar-refractivity contribution in [1.82, 2.24) is 5.32 Å². The third kappa shape index (κ3) is 0.881. The Morgan fingerprint density at radius 1 is 1.50 bits per heavy atom. The molecule has 0 aromatic rings. The largest absolute Gasteiger partial charge is 0.345 e. The van der Waals surface area contributed by atoms with E-state index in [9.17, 15) is 4.79 Å². The molecular weight excluding hydrogens is 224 g/mol. The molecule has 4 rings (SSSR count). The predicted octanol–water partition coefficient (Wildman–Crippen LogP) is 1.42. The van der Waals surface area contributed by atoms with E-state index in [1.165, 1.54) is 16.7 Å². The SMILES string of the molecule is CC=C1C2C=C(C)CC1(N)C1=CC3C(=O)NC13C2. The van der Waals surface area contributed by atoms with Crippen LogP contribution < -0.4 is 11.1 Å². The summed E-state index contributed by atoms with van der Waals surface area (Å²) in [4.78, 5) is 11.6. The summed E-state index contributed by atoms with van der Waals surface area (Å²) in [7, 11) is 0. The number of hydrogen-bond acceptors (Lipinski definition) is 2. The predicted molar refractivity (Wildman–Crippen MR) is 69.6 cm³/mol. The van der Waals surface area contributed by atoms with E-state index in [0.717, 1.165) is 12.8 Å². The fourth-order valence-corrected chi connectivity index (χ4v) is 4.63. The zero-order chi connectivity index (χ0) is 12.7. The molecule has 1 spiro atoms. The van der Waals surface area contributed by atoms with Crippen molar-refractivity contribution in [2.45, 2.75) is 37.8 Å². The molecule has 4 aliphatic rings. The molecule has 0 aromatic carbocycles. The summed E-state index contributed by atoms with van der Waals surface area (Å²) in [5.74, 6) is 0.655. The Labute approximate surface area is 107 Å². The number of allylic oxidation sites excluding steroid dienone is 2. The summed E-state index contributed by atoms with van der Waals surface area (Å²) in [5.41, 5.74) is 10.3. The summed E-state index contributed by atoms with van der Waals surface area (Å²) >= 11 is 0. The van der Waals surface area contributed by atoms with Crippen molar-refractivity contribution >= 4 is 5.91 Å². The molecule has 4 unspecified atom stereocenters. The Bertz CT molecular complexity index is 571. The van der Waals surface area contributed by atoms with Gasteiger partial charge in [-0.2, -0.15) is 0 Å². The van der Waals surface area contributed by atoms with Gasteiger partial charge in [-0.25, -0.2) is 0 Å². The van der Waals surface area contributed by atoms with Gasteiger partial charge in [0.15, 0.2) is 0 Å². The lowest BCUT2D eigenvalue weighted by molar-refractivity contribution is -0.141. The number of β-lactam (4-membered cyclic amide) rings is 1. The first-order chi connectivity index (χ1) is 8.51. The molecule has 18 heavy (non-hydrogen) atoms. The number of hydrogen-bond donors (Lipinski definition) is 2. The number of carbonyl (C=O) groups is 1. The zero-order valence-electron chi connectivity index (χ0n) is 10.8. The van der Waals surface area contributed by atoms with Gasteiger partial charge >= 0.3 is 0 Å². The molecule has 94 valence electrons. The lowest BCUT2D eigenvalue weighted by Crippen LogP contribution is -2.80. The van der Waals surface area contributed by atoms with E-state index >= 15 is 0 Å². The molecule has 3 heteroatoms. The van der Waals surface area contributed by atoms with Crippen LogP contribution in [0.25, 0.3) is 0 Å². The molecule has 2 bridgehead atoms. The van der Waals surface area contributed by atoms with E-state index in [1.54, 1.807) is 0 Å². The first-order valence-corrected chi connectivity index (χ1v) is 6.69. The van der Waals surface area contributed by atoms with E-state index in [4.69, 9.17) is 5.73 Å². The van der Waals surface area contributed by atoms with Crippen molar-refractivity contribution in [3.05, 3.63) is 34.9 Å². The Hall–Kier alpha value is -1.35. The zero-order valence-corrected chi connectivity index (χ0v) is 10.8. The van der Waals surface area contributed by atoms with Crippen molar-refractivity contribution in [3.63, 3.8) is 0 Å². The van der Waals surface area contributed by atoms with E-state index in [2.05, 4.69) is 37.4 Å². The quantitative estimate of drug-likeness (QED) is 0.498. The normalized spacial score (nSPS) is 50.2. The van der Waals surface area contributed by atoms with E-state index < -0.39 is 0 Å².